The number of aromatic nitrogens is 3. The number of carboxylic acids is 1. The summed E-state index contributed by atoms with van der Waals surface area (Å²) in [5, 5.41) is 11.2. The van der Waals surface area contributed by atoms with E-state index < -0.39 is 5.97 Å². The molecule has 3 aromatic heterocycles. The Balaban J connectivity index is 1.10. The largest absolute Gasteiger partial charge is 0.481 e. The molecular weight excluding hydrogens is 649 g/mol. The molecule has 1 aliphatic carbocycles. The molecule has 6 heterocycles. The smallest absolute Gasteiger partial charge is 0.307 e. The minimum atomic E-state index is -0.808. The molecule has 9 heteroatoms. The second kappa shape index (κ2) is 12.9. The normalized spacial score (nSPS) is 20.0. The van der Waals surface area contributed by atoms with Crippen molar-refractivity contribution in [2.45, 2.75) is 91.6 Å². The molecule has 52 heavy (non-hydrogen) atoms. The Morgan fingerprint density at radius 2 is 1.69 bits per heavy atom. The van der Waals surface area contributed by atoms with E-state index in [0.717, 1.165) is 127 Å². The fourth-order valence-corrected chi connectivity index (χ4v) is 9.45. The molecule has 1 spiro atoms. The molecule has 0 unspecified atom stereocenters. The predicted octanol–water partition coefficient (Wildman–Crippen LogP) is 8.33. The Morgan fingerprint density at radius 3 is 2.44 bits per heavy atom. The van der Waals surface area contributed by atoms with Crippen LogP contribution in [0.3, 0.4) is 0 Å². The number of nitrogens with zero attached hydrogens (tertiary/aromatic N) is 6. The van der Waals surface area contributed by atoms with Gasteiger partial charge in [0, 0.05) is 54.9 Å². The van der Waals surface area contributed by atoms with Crippen molar-refractivity contribution in [1.29, 1.82) is 0 Å². The van der Waals surface area contributed by atoms with Gasteiger partial charge in [-0.05, 0) is 105 Å². The lowest BCUT2D eigenvalue weighted by molar-refractivity contribution is -0.136. The first kappa shape index (κ1) is 33.3. The van der Waals surface area contributed by atoms with Crippen LogP contribution in [-0.2, 0) is 30.7 Å². The van der Waals surface area contributed by atoms with Crippen molar-refractivity contribution in [1.82, 2.24) is 19.9 Å². The number of aliphatic carboxylic acids is 1. The summed E-state index contributed by atoms with van der Waals surface area (Å²) in [5.74, 6) is 0.0256. The Labute approximate surface area is 306 Å². The molecule has 9 nitrogen and oxygen atoms in total. The highest BCUT2D eigenvalue weighted by Crippen LogP contribution is 2.49. The van der Waals surface area contributed by atoms with Crippen LogP contribution < -0.4 is 9.80 Å². The molecule has 270 valence electrons. The molecule has 2 saturated heterocycles. The molecule has 0 bridgehead atoms. The first-order valence-corrected chi connectivity index (χ1v) is 19.4. The van der Waals surface area contributed by atoms with Gasteiger partial charge in [0.25, 0.3) is 0 Å². The van der Waals surface area contributed by atoms with Crippen molar-refractivity contribution in [3.05, 3.63) is 76.9 Å². The molecular formula is C43H50N6O3. The number of piperidine rings is 2. The van der Waals surface area contributed by atoms with E-state index >= 15 is 0 Å². The summed E-state index contributed by atoms with van der Waals surface area (Å²) in [6.45, 7) is 13.1. The van der Waals surface area contributed by atoms with Gasteiger partial charge in [0.2, 0.25) is 0 Å². The third kappa shape index (κ3) is 6.00. The minimum Gasteiger partial charge on any atom is -0.481 e. The van der Waals surface area contributed by atoms with Crippen LogP contribution in [0.15, 0.2) is 53.2 Å². The van der Waals surface area contributed by atoms with Crippen LogP contribution >= 0.6 is 0 Å². The number of hydrogen-bond acceptors (Lipinski definition) is 8. The number of benzene rings is 2. The molecule has 0 radical (unpaired) electrons. The van der Waals surface area contributed by atoms with Crippen LogP contribution in [0.25, 0.3) is 33.2 Å². The molecule has 5 aromatic rings. The quantitative estimate of drug-likeness (QED) is 0.180. The number of fused-ring (bicyclic) bond motifs is 4. The Hall–Kier alpha value is -4.50. The van der Waals surface area contributed by atoms with Gasteiger partial charge in [-0.25, -0.2) is 9.97 Å². The number of pyridine rings is 1. The van der Waals surface area contributed by atoms with Crippen molar-refractivity contribution in [3.63, 3.8) is 0 Å². The Kier molecular flexibility index (Phi) is 8.25. The molecule has 3 fully saturated rings. The summed E-state index contributed by atoms with van der Waals surface area (Å²) in [7, 11) is 0. The third-order valence-corrected chi connectivity index (χ3v) is 13.0. The van der Waals surface area contributed by atoms with E-state index in [2.05, 4.69) is 57.8 Å². The fourth-order valence-electron chi connectivity index (χ4n) is 9.45. The number of furan rings is 1. The van der Waals surface area contributed by atoms with E-state index in [9.17, 15) is 9.90 Å². The highest BCUT2D eigenvalue weighted by molar-refractivity contribution is 6.05. The molecule has 3 aliphatic heterocycles. The summed E-state index contributed by atoms with van der Waals surface area (Å²) < 4.78 is 6.31. The van der Waals surface area contributed by atoms with Crippen LogP contribution in [0.4, 0.5) is 11.5 Å². The number of likely N-dealkylation sites (tertiary alicyclic amines) is 1. The number of hydrogen-bond donors (Lipinski definition) is 1. The number of carboxylic acid groups (broad SMARTS) is 1. The summed E-state index contributed by atoms with van der Waals surface area (Å²) in [4.78, 5) is 34.4. The average Bonchev–Trinajstić information content (AvgIpc) is 3.51. The van der Waals surface area contributed by atoms with Crippen molar-refractivity contribution < 1.29 is 14.3 Å². The van der Waals surface area contributed by atoms with Crippen LogP contribution in [0.5, 0.6) is 0 Å². The lowest BCUT2D eigenvalue weighted by atomic mass is 9.63. The van der Waals surface area contributed by atoms with Gasteiger partial charge < -0.3 is 19.3 Å². The summed E-state index contributed by atoms with van der Waals surface area (Å²) in [6, 6.07) is 15.0. The number of aryl methyl sites for hydroxylation is 1. The lowest BCUT2D eigenvalue weighted by Gasteiger charge is -2.48. The predicted molar refractivity (Wildman–Crippen MR) is 206 cm³/mol. The minimum absolute atomic E-state index is 0.0251. The van der Waals surface area contributed by atoms with Crippen LogP contribution in [0.2, 0.25) is 0 Å². The van der Waals surface area contributed by atoms with E-state index in [0.29, 0.717) is 5.41 Å². The number of rotatable bonds is 7. The summed E-state index contributed by atoms with van der Waals surface area (Å²) in [5.41, 5.74) is 12.0. The highest BCUT2D eigenvalue weighted by Gasteiger charge is 2.40. The molecule has 1 saturated carbocycles. The molecule has 1 N–H and O–H groups in total. The van der Waals surface area contributed by atoms with Crippen LogP contribution in [0.1, 0.15) is 86.9 Å². The third-order valence-electron chi connectivity index (χ3n) is 13.0. The van der Waals surface area contributed by atoms with Gasteiger partial charge in [0.05, 0.1) is 17.8 Å². The average molecular weight is 699 g/mol. The van der Waals surface area contributed by atoms with Crippen LogP contribution in [-0.4, -0.2) is 63.7 Å². The zero-order chi connectivity index (χ0) is 35.6. The van der Waals surface area contributed by atoms with Crippen LogP contribution in [0, 0.1) is 17.8 Å². The fraction of sp³-hybridized carbons (Fsp3) is 0.488. The van der Waals surface area contributed by atoms with Gasteiger partial charge in [0.15, 0.2) is 11.4 Å². The summed E-state index contributed by atoms with van der Waals surface area (Å²) in [6.07, 6.45) is 11.3. The molecule has 9 rings (SSSR count). The van der Waals surface area contributed by atoms with Gasteiger partial charge in [-0.1, -0.05) is 50.6 Å². The first-order valence-electron chi connectivity index (χ1n) is 19.4. The number of para-hydroxylation sites is 1. The van der Waals surface area contributed by atoms with E-state index in [1.54, 1.807) is 6.33 Å². The maximum Gasteiger partial charge on any atom is 0.307 e. The van der Waals surface area contributed by atoms with Crippen molar-refractivity contribution in [2.24, 2.45) is 10.8 Å². The van der Waals surface area contributed by atoms with E-state index in [4.69, 9.17) is 14.4 Å². The highest BCUT2D eigenvalue weighted by atomic mass is 16.4. The second-order valence-electron chi connectivity index (χ2n) is 16.8. The number of anilines is 2. The first-order chi connectivity index (χ1) is 25.2. The zero-order valence-electron chi connectivity index (χ0n) is 30.9. The maximum absolute atomic E-state index is 12.4. The number of carbonyl (C=O) groups is 1. The SMILES string of the molecule is Cc1nc(CN2CCC3(CCC3)CC2)c(-c2ccc3c(c2)CCN(c2ncnc4c2oc2ccccc24)C3)c(N2CCC(C)(C)CC2)c1CC(=O)O. The topological polar surface area (TPSA) is 98.8 Å². The van der Waals surface area contributed by atoms with Gasteiger partial charge in [-0.2, -0.15) is 0 Å². The van der Waals surface area contributed by atoms with E-state index in [1.165, 1.54) is 43.2 Å². The van der Waals surface area contributed by atoms with Gasteiger partial charge in [-0.3, -0.25) is 14.7 Å². The monoisotopic (exact) mass is 698 g/mol. The van der Waals surface area contributed by atoms with Gasteiger partial charge in [-0.15, -0.1) is 0 Å². The molecule has 2 aromatic carbocycles. The van der Waals surface area contributed by atoms with Crippen molar-refractivity contribution in [2.75, 3.05) is 42.5 Å². The standard InChI is InChI=1S/C43H50N6O3/c1-28-33(24-36(50)51)39(48-21-14-42(2,3)15-22-48)37(34(46-28)26-47-19-16-43(17-20-47)12-6-13-43)30-9-10-31-25-49(18-11-29(31)23-30)41-40-38(44-27-45-41)32-7-4-5-8-35(32)52-40/h4-5,7-10,23,27H,6,11-22,24-26H2,1-3H3,(H,50,51). The van der Waals surface area contributed by atoms with Crippen molar-refractivity contribution in [3.8, 4) is 11.1 Å². The lowest BCUT2D eigenvalue weighted by Crippen LogP contribution is -2.43. The Bertz CT molecular complexity index is 2170. The van der Waals surface area contributed by atoms with Gasteiger partial charge in [0.1, 0.15) is 17.4 Å². The maximum atomic E-state index is 12.4. The second-order valence-corrected chi connectivity index (χ2v) is 16.8. The summed E-state index contributed by atoms with van der Waals surface area (Å²) >= 11 is 0. The molecule has 4 aliphatic rings. The van der Waals surface area contributed by atoms with E-state index in [1.807, 2.05) is 25.1 Å². The zero-order valence-corrected chi connectivity index (χ0v) is 30.9. The van der Waals surface area contributed by atoms with E-state index in [-0.39, 0.29) is 11.8 Å². The molecule has 0 amide bonds. The Morgan fingerprint density at radius 1 is 0.904 bits per heavy atom. The molecule has 0 atom stereocenters. The van der Waals surface area contributed by atoms with Crippen molar-refractivity contribution >= 4 is 39.5 Å². The van der Waals surface area contributed by atoms with Gasteiger partial charge >= 0.3 is 5.97 Å².